The van der Waals surface area contributed by atoms with Crippen molar-refractivity contribution in [2.75, 3.05) is 11.9 Å². The lowest BCUT2D eigenvalue weighted by atomic mass is 9.73. The number of carbonyl (C=O) groups is 2. The predicted molar refractivity (Wildman–Crippen MR) is 149 cm³/mol. The van der Waals surface area contributed by atoms with E-state index in [0.29, 0.717) is 25.0 Å². The summed E-state index contributed by atoms with van der Waals surface area (Å²) in [4.78, 5) is 25.2. The van der Waals surface area contributed by atoms with Crippen molar-refractivity contribution >= 4 is 38.9 Å². The van der Waals surface area contributed by atoms with Gasteiger partial charge in [0, 0.05) is 29.9 Å². The molecular weight excluding hydrogens is 613 g/mol. The third kappa shape index (κ3) is 5.54. The molecule has 43 heavy (non-hydrogen) atoms. The topological polar surface area (TPSA) is 153 Å². The number of halogens is 4. The van der Waals surface area contributed by atoms with Gasteiger partial charge in [0.15, 0.2) is 32.9 Å². The predicted octanol–water partition coefficient (Wildman–Crippen LogP) is 3.34. The van der Waals surface area contributed by atoms with Gasteiger partial charge in [-0.2, -0.15) is 0 Å². The van der Waals surface area contributed by atoms with Crippen molar-refractivity contribution in [2.24, 2.45) is 17.8 Å². The maximum Gasteiger partial charge on any atom is 0.255 e. The van der Waals surface area contributed by atoms with Gasteiger partial charge in [0.2, 0.25) is 0 Å². The quantitative estimate of drug-likeness (QED) is 0.290. The number of aliphatic hydroxyl groups excluding tert-OH is 1. The second kappa shape index (κ2) is 11.3. The van der Waals surface area contributed by atoms with Crippen LogP contribution in [-0.4, -0.2) is 64.7 Å². The number of hydrogen-bond donors (Lipinski definition) is 5. The van der Waals surface area contributed by atoms with Gasteiger partial charge in [-0.15, -0.1) is 0 Å². The highest BCUT2D eigenvalue weighted by molar-refractivity contribution is 7.92. The van der Waals surface area contributed by atoms with Crippen molar-refractivity contribution in [3.63, 3.8) is 0 Å². The van der Waals surface area contributed by atoms with E-state index in [-0.39, 0.29) is 59.3 Å². The van der Waals surface area contributed by atoms with E-state index >= 15 is 0 Å². The number of nitrogens with one attached hydrogen (secondary N) is 2. The number of hydrogen-bond acceptors (Lipinski definition) is 7. The summed E-state index contributed by atoms with van der Waals surface area (Å²) in [6.07, 6.45) is 0.230. The minimum Gasteiger partial charge on any atom is -0.390 e. The molecule has 0 aliphatic heterocycles. The first kappa shape index (κ1) is 31.7. The molecule has 7 atom stereocenters. The first-order valence-electron chi connectivity index (χ1n) is 14.0. The zero-order valence-electron chi connectivity index (χ0n) is 23.1. The highest BCUT2D eigenvalue weighted by atomic mass is 35.5. The third-order valence-electron chi connectivity index (χ3n) is 9.45. The molecule has 0 radical (unpaired) electrons. The van der Waals surface area contributed by atoms with Gasteiger partial charge in [0.1, 0.15) is 0 Å². The molecule has 234 valence electrons. The van der Waals surface area contributed by atoms with E-state index in [1.807, 2.05) is 6.92 Å². The van der Waals surface area contributed by atoms with Gasteiger partial charge < -0.3 is 26.0 Å². The molecule has 2 amide bonds. The average Bonchev–Trinajstić information content (AvgIpc) is 3.31. The zero-order chi connectivity index (χ0) is 31.5. The summed E-state index contributed by atoms with van der Waals surface area (Å²) in [5, 5.41) is 36.1. The van der Waals surface area contributed by atoms with Crippen molar-refractivity contribution in [3.05, 3.63) is 58.4 Å². The van der Waals surface area contributed by atoms with E-state index in [9.17, 15) is 46.5 Å². The van der Waals surface area contributed by atoms with Crippen LogP contribution in [-0.2, 0) is 14.6 Å². The largest absolute Gasteiger partial charge is 0.390 e. The Balaban J connectivity index is 1.33. The second-order valence-electron chi connectivity index (χ2n) is 12.0. The highest BCUT2D eigenvalue weighted by Crippen LogP contribution is 2.54. The molecule has 0 saturated heterocycles. The molecule has 2 aromatic carbocycles. The molecular formula is C29H32ClF3N2O7S. The molecule has 2 aromatic rings. The van der Waals surface area contributed by atoms with E-state index in [2.05, 4.69) is 10.6 Å². The summed E-state index contributed by atoms with van der Waals surface area (Å²) in [6.45, 7) is 1.67. The van der Waals surface area contributed by atoms with E-state index in [1.54, 1.807) is 0 Å². The number of sulfone groups is 1. The van der Waals surface area contributed by atoms with E-state index in [4.69, 9.17) is 11.6 Å². The summed E-state index contributed by atoms with van der Waals surface area (Å²) in [6, 6.07) is 4.67. The standard InChI is InChI=1S/C29H32ClF3N2O7S/c1-14-7-16-9-18(12-19(14)29(16,40)13-34-27(38)28(39)6-2-3-24(28)36)43(41,42)23-8-15(4-5-20(23)30)26(37)35-17-10-21(31)25(33)22(32)11-17/h4-5,8,10-11,14,16,18-19,24,36,39-40H,2-3,6-7,9,12-13H2,1H3,(H,34,38)(H,35,37)/t14-,16?,18?,19?,24+,28-,29+/m0/s1. The number of fused-ring (bicyclic) bond motifs is 2. The van der Waals surface area contributed by atoms with Crippen LogP contribution < -0.4 is 10.6 Å². The fraction of sp³-hybridized carbons (Fsp3) is 0.517. The van der Waals surface area contributed by atoms with Crippen molar-refractivity contribution in [1.29, 1.82) is 0 Å². The molecule has 5 rings (SSSR count). The van der Waals surface area contributed by atoms with Gasteiger partial charge in [0.25, 0.3) is 11.8 Å². The summed E-state index contributed by atoms with van der Waals surface area (Å²) in [5.74, 6) is -7.54. The Morgan fingerprint density at radius 2 is 1.74 bits per heavy atom. The molecule has 3 aliphatic rings. The Labute approximate surface area is 251 Å². The summed E-state index contributed by atoms with van der Waals surface area (Å²) < 4.78 is 68.2. The Kier molecular flexibility index (Phi) is 8.36. The SMILES string of the molecule is C[C@H]1CC2CC(S(=O)(=O)c3cc(C(=O)Nc4cc(F)c(F)c(F)c4)ccc3Cl)CC1[C@@]2(O)CNC(=O)[C@]1(O)CCC[C@H]1O. The number of carbonyl (C=O) groups excluding carboxylic acids is 2. The fourth-order valence-electron chi connectivity index (χ4n) is 7.06. The van der Waals surface area contributed by atoms with E-state index in [1.165, 1.54) is 12.1 Å². The molecule has 3 aliphatic carbocycles. The minimum atomic E-state index is -4.15. The lowest BCUT2D eigenvalue weighted by Gasteiger charge is -2.43. The van der Waals surface area contributed by atoms with Crippen molar-refractivity contribution in [3.8, 4) is 0 Å². The van der Waals surface area contributed by atoms with Crippen LogP contribution in [0.25, 0.3) is 0 Å². The van der Waals surface area contributed by atoms with Gasteiger partial charge in [-0.05, 0) is 74.5 Å². The molecule has 3 fully saturated rings. The Bertz CT molecular complexity index is 1550. The first-order valence-corrected chi connectivity index (χ1v) is 15.9. The first-order chi connectivity index (χ1) is 20.1. The van der Waals surface area contributed by atoms with Crippen LogP contribution in [0.4, 0.5) is 18.9 Å². The van der Waals surface area contributed by atoms with Crippen LogP contribution in [0, 0.1) is 35.2 Å². The van der Waals surface area contributed by atoms with Crippen molar-refractivity contribution in [1.82, 2.24) is 5.32 Å². The molecule has 14 heteroatoms. The molecule has 5 N–H and O–H groups in total. The Hall–Kier alpha value is -2.71. The maximum atomic E-state index is 13.9. The van der Waals surface area contributed by atoms with Gasteiger partial charge in [-0.3, -0.25) is 9.59 Å². The number of anilines is 1. The Morgan fingerprint density at radius 1 is 1.07 bits per heavy atom. The van der Waals surface area contributed by atoms with Crippen LogP contribution in [0.5, 0.6) is 0 Å². The van der Waals surface area contributed by atoms with Crippen molar-refractivity contribution in [2.45, 2.75) is 72.9 Å². The maximum absolute atomic E-state index is 13.9. The van der Waals surface area contributed by atoms with Crippen LogP contribution in [0.15, 0.2) is 35.2 Å². The van der Waals surface area contributed by atoms with Crippen molar-refractivity contribution < 1.29 is 46.5 Å². The lowest BCUT2D eigenvalue weighted by molar-refractivity contribution is -0.151. The Morgan fingerprint density at radius 3 is 2.35 bits per heavy atom. The third-order valence-corrected chi connectivity index (χ3v) is 12.1. The van der Waals surface area contributed by atoms with Crippen LogP contribution in [0.1, 0.15) is 55.8 Å². The lowest BCUT2D eigenvalue weighted by Crippen LogP contribution is -2.59. The summed E-state index contributed by atoms with van der Waals surface area (Å²) in [7, 11) is -4.15. The number of aliphatic hydroxyl groups is 3. The summed E-state index contributed by atoms with van der Waals surface area (Å²) in [5.41, 5.74) is -3.92. The van der Waals surface area contributed by atoms with Crippen LogP contribution >= 0.6 is 11.6 Å². The number of amides is 2. The number of benzene rings is 2. The molecule has 0 aromatic heterocycles. The van der Waals surface area contributed by atoms with Crippen LogP contribution in [0.3, 0.4) is 0 Å². The monoisotopic (exact) mass is 644 g/mol. The second-order valence-corrected chi connectivity index (χ2v) is 14.6. The molecule has 3 unspecified atom stereocenters. The highest BCUT2D eigenvalue weighted by Gasteiger charge is 2.59. The molecule has 2 bridgehead atoms. The van der Waals surface area contributed by atoms with Gasteiger partial charge in [0.05, 0.1) is 26.9 Å². The zero-order valence-corrected chi connectivity index (χ0v) is 24.7. The van der Waals surface area contributed by atoms with E-state index in [0.717, 1.165) is 6.07 Å². The van der Waals surface area contributed by atoms with Gasteiger partial charge in [-0.1, -0.05) is 18.5 Å². The van der Waals surface area contributed by atoms with Crippen LogP contribution in [0.2, 0.25) is 5.02 Å². The fourth-order valence-corrected chi connectivity index (χ4v) is 9.43. The van der Waals surface area contributed by atoms with Gasteiger partial charge in [-0.25, -0.2) is 21.6 Å². The van der Waals surface area contributed by atoms with E-state index < -0.39 is 73.5 Å². The normalized spacial score (nSPS) is 32.0. The van der Waals surface area contributed by atoms with Gasteiger partial charge >= 0.3 is 0 Å². The molecule has 9 nitrogen and oxygen atoms in total. The number of rotatable bonds is 7. The summed E-state index contributed by atoms with van der Waals surface area (Å²) >= 11 is 6.28. The smallest absolute Gasteiger partial charge is 0.255 e. The minimum absolute atomic E-state index is 0.0418. The molecule has 0 spiro atoms. The average molecular weight is 645 g/mol. The molecule has 0 heterocycles. The molecule has 3 saturated carbocycles.